The predicted molar refractivity (Wildman–Crippen MR) is 84.9 cm³/mol. The molecule has 1 aromatic carbocycles. The number of non-ortho nitro benzene ring substituents is 1. The molecule has 2 heterocycles. The molecule has 0 atom stereocenters. The van der Waals surface area contributed by atoms with Crippen molar-refractivity contribution in [1.29, 1.82) is 0 Å². The van der Waals surface area contributed by atoms with Gasteiger partial charge in [0.1, 0.15) is 0 Å². The first-order valence-corrected chi connectivity index (χ1v) is 7.89. The highest BCUT2D eigenvalue weighted by atomic mass is 32.1. The van der Waals surface area contributed by atoms with E-state index >= 15 is 0 Å². The lowest BCUT2D eigenvalue weighted by Gasteiger charge is -2.36. The van der Waals surface area contributed by atoms with Gasteiger partial charge in [0.25, 0.3) is 5.69 Å². The number of nitro benzene ring substituents is 1. The molecule has 1 aliphatic rings. The molecule has 1 aromatic heterocycles. The molecule has 0 N–H and O–H groups in total. The van der Waals surface area contributed by atoms with Gasteiger partial charge in [0.05, 0.1) is 4.92 Å². The topological polar surface area (TPSA) is 49.6 Å². The number of nitro groups is 1. The number of hydrogen-bond acceptors (Lipinski definition) is 5. The van der Waals surface area contributed by atoms with Crippen LogP contribution in [0.3, 0.4) is 0 Å². The van der Waals surface area contributed by atoms with Crippen LogP contribution in [-0.4, -0.2) is 36.0 Å². The first-order chi connectivity index (χ1) is 10.2. The molecular formula is C15H17N3O2S. The summed E-state index contributed by atoms with van der Waals surface area (Å²) >= 11 is 1.74. The van der Waals surface area contributed by atoms with Gasteiger partial charge in [-0.25, -0.2) is 0 Å². The van der Waals surface area contributed by atoms with E-state index in [1.807, 2.05) is 12.1 Å². The summed E-state index contributed by atoms with van der Waals surface area (Å²) in [6.07, 6.45) is 0. The fourth-order valence-electron chi connectivity index (χ4n) is 2.59. The van der Waals surface area contributed by atoms with Gasteiger partial charge in [-0.05, 0) is 34.5 Å². The Morgan fingerprint density at radius 2 is 1.81 bits per heavy atom. The second kappa shape index (κ2) is 6.24. The summed E-state index contributed by atoms with van der Waals surface area (Å²) < 4.78 is 0. The van der Waals surface area contributed by atoms with E-state index < -0.39 is 0 Å². The summed E-state index contributed by atoms with van der Waals surface area (Å²) in [5.41, 5.74) is 2.59. The summed E-state index contributed by atoms with van der Waals surface area (Å²) in [6, 6.07) is 9.01. The van der Waals surface area contributed by atoms with Gasteiger partial charge in [-0.15, -0.1) is 0 Å². The number of thiophene rings is 1. The summed E-state index contributed by atoms with van der Waals surface area (Å²) in [4.78, 5) is 15.0. The fourth-order valence-corrected chi connectivity index (χ4v) is 3.25. The number of nitrogens with zero attached hydrogens (tertiary/aromatic N) is 3. The highest BCUT2D eigenvalue weighted by molar-refractivity contribution is 7.07. The zero-order chi connectivity index (χ0) is 14.7. The van der Waals surface area contributed by atoms with Crippen LogP contribution in [-0.2, 0) is 6.54 Å². The molecule has 0 spiro atoms. The smallest absolute Gasteiger partial charge is 0.269 e. The fraction of sp³-hybridized carbons (Fsp3) is 0.333. The average Bonchev–Trinajstić information content (AvgIpc) is 3.01. The number of benzene rings is 1. The lowest BCUT2D eigenvalue weighted by molar-refractivity contribution is -0.384. The lowest BCUT2D eigenvalue weighted by atomic mass is 10.2. The van der Waals surface area contributed by atoms with Crippen LogP contribution in [0.1, 0.15) is 5.56 Å². The van der Waals surface area contributed by atoms with Gasteiger partial charge in [-0.2, -0.15) is 11.3 Å². The van der Waals surface area contributed by atoms with E-state index in [1.165, 1.54) is 5.56 Å². The van der Waals surface area contributed by atoms with Crippen molar-refractivity contribution in [2.75, 3.05) is 31.1 Å². The minimum Gasteiger partial charge on any atom is -0.369 e. The Morgan fingerprint density at radius 3 is 2.38 bits per heavy atom. The molecule has 1 saturated heterocycles. The van der Waals surface area contributed by atoms with E-state index in [2.05, 4.69) is 26.6 Å². The molecule has 0 bridgehead atoms. The molecule has 0 saturated carbocycles. The van der Waals surface area contributed by atoms with Gasteiger partial charge in [0.2, 0.25) is 0 Å². The number of hydrogen-bond donors (Lipinski definition) is 0. The Bertz CT molecular complexity index is 590. The van der Waals surface area contributed by atoms with Crippen LogP contribution in [0.2, 0.25) is 0 Å². The minimum absolute atomic E-state index is 0.148. The molecule has 21 heavy (non-hydrogen) atoms. The van der Waals surface area contributed by atoms with Crippen molar-refractivity contribution in [3.05, 3.63) is 56.8 Å². The third-order valence-electron chi connectivity index (χ3n) is 3.78. The Balaban J connectivity index is 1.56. The molecule has 110 valence electrons. The maximum Gasteiger partial charge on any atom is 0.269 e. The van der Waals surface area contributed by atoms with Gasteiger partial charge >= 0.3 is 0 Å². The third-order valence-corrected chi connectivity index (χ3v) is 4.52. The number of rotatable bonds is 4. The van der Waals surface area contributed by atoms with Crippen LogP contribution in [0.4, 0.5) is 11.4 Å². The van der Waals surface area contributed by atoms with Gasteiger partial charge in [-0.1, -0.05) is 0 Å². The summed E-state index contributed by atoms with van der Waals surface area (Å²) in [5, 5.41) is 15.0. The van der Waals surface area contributed by atoms with Crippen molar-refractivity contribution < 1.29 is 4.92 Å². The Hall–Kier alpha value is -1.92. The Kier molecular flexibility index (Phi) is 4.17. The molecule has 0 unspecified atom stereocenters. The van der Waals surface area contributed by atoms with E-state index in [4.69, 9.17) is 0 Å². The highest BCUT2D eigenvalue weighted by Crippen LogP contribution is 2.21. The van der Waals surface area contributed by atoms with Gasteiger partial charge < -0.3 is 4.90 Å². The van der Waals surface area contributed by atoms with E-state index in [0.717, 1.165) is 38.4 Å². The van der Waals surface area contributed by atoms with Crippen molar-refractivity contribution in [3.8, 4) is 0 Å². The predicted octanol–water partition coefficient (Wildman–Crippen LogP) is 2.98. The molecule has 0 radical (unpaired) electrons. The quantitative estimate of drug-likeness (QED) is 0.643. The molecule has 5 nitrogen and oxygen atoms in total. The van der Waals surface area contributed by atoms with Gasteiger partial charge in [-0.3, -0.25) is 15.0 Å². The second-order valence-corrected chi connectivity index (χ2v) is 5.95. The van der Waals surface area contributed by atoms with Gasteiger partial charge in [0, 0.05) is 50.5 Å². The highest BCUT2D eigenvalue weighted by Gasteiger charge is 2.18. The standard InChI is InChI=1S/C15H17N3O2S/c19-18(20)15-3-1-14(2-4-15)17-8-6-16(7-9-17)11-13-5-10-21-12-13/h1-5,10,12H,6-9,11H2. The van der Waals surface area contributed by atoms with E-state index in [-0.39, 0.29) is 10.6 Å². The molecule has 0 amide bonds. The SMILES string of the molecule is O=[N+]([O-])c1ccc(N2CCN(Cc3ccsc3)CC2)cc1. The van der Waals surface area contributed by atoms with E-state index in [0.29, 0.717) is 0 Å². The molecule has 1 aliphatic heterocycles. The van der Waals surface area contributed by atoms with Crippen LogP contribution in [0, 0.1) is 10.1 Å². The van der Waals surface area contributed by atoms with E-state index in [1.54, 1.807) is 23.5 Å². The molecule has 0 aliphatic carbocycles. The molecule has 3 rings (SSSR count). The zero-order valence-electron chi connectivity index (χ0n) is 11.6. The average molecular weight is 303 g/mol. The van der Waals surface area contributed by atoms with Crippen LogP contribution < -0.4 is 4.90 Å². The number of anilines is 1. The van der Waals surface area contributed by atoms with Crippen molar-refractivity contribution in [2.24, 2.45) is 0 Å². The summed E-state index contributed by atoms with van der Waals surface area (Å²) in [5.74, 6) is 0. The molecule has 2 aromatic rings. The first-order valence-electron chi connectivity index (χ1n) is 6.95. The normalized spacial score (nSPS) is 16.1. The summed E-state index contributed by atoms with van der Waals surface area (Å²) in [6.45, 7) is 4.97. The molecule has 6 heteroatoms. The van der Waals surface area contributed by atoms with Crippen LogP contribution in [0.15, 0.2) is 41.1 Å². The van der Waals surface area contributed by atoms with Crippen molar-refractivity contribution >= 4 is 22.7 Å². The van der Waals surface area contributed by atoms with Crippen LogP contribution in [0.25, 0.3) is 0 Å². The van der Waals surface area contributed by atoms with E-state index in [9.17, 15) is 10.1 Å². The first kappa shape index (κ1) is 14.0. The molecular weight excluding hydrogens is 286 g/mol. The summed E-state index contributed by atoms with van der Waals surface area (Å²) in [7, 11) is 0. The monoisotopic (exact) mass is 303 g/mol. The minimum atomic E-state index is -0.359. The second-order valence-electron chi connectivity index (χ2n) is 5.17. The van der Waals surface area contributed by atoms with Crippen molar-refractivity contribution in [1.82, 2.24) is 4.90 Å². The van der Waals surface area contributed by atoms with Crippen molar-refractivity contribution in [3.63, 3.8) is 0 Å². The van der Waals surface area contributed by atoms with Crippen molar-refractivity contribution in [2.45, 2.75) is 6.54 Å². The molecule has 1 fully saturated rings. The Morgan fingerprint density at radius 1 is 1.10 bits per heavy atom. The maximum absolute atomic E-state index is 10.7. The third kappa shape index (κ3) is 3.40. The zero-order valence-corrected chi connectivity index (χ0v) is 12.5. The largest absolute Gasteiger partial charge is 0.369 e. The van der Waals surface area contributed by atoms with Gasteiger partial charge in [0.15, 0.2) is 0 Å². The lowest BCUT2D eigenvalue weighted by Crippen LogP contribution is -2.45. The van der Waals surface area contributed by atoms with Crippen LogP contribution >= 0.6 is 11.3 Å². The van der Waals surface area contributed by atoms with Crippen LogP contribution in [0.5, 0.6) is 0 Å². The Labute approximate surface area is 127 Å². The maximum atomic E-state index is 10.7. The number of piperazine rings is 1.